The highest BCUT2D eigenvalue weighted by Gasteiger charge is 1.98. The molecule has 0 aliphatic heterocycles. The second kappa shape index (κ2) is 3.02. The Labute approximate surface area is 64.1 Å². The van der Waals surface area contributed by atoms with Crippen LogP contribution in [-0.2, 0) is 6.67 Å². The molecule has 2 N–H and O–H groups in total. The van der Waals surface area contributed by atoms with Gasteiger partial charge in [0.15, 0.2) is 0 Å². The fourth-order valence-corrected chi connectivity index (χ4v) is 0.791. The lowest BCUT2D eigenvalue weighted by Gasteiger charge is -1.99. The normalized spacial score (nSPS) is 9.09. The van der Waals surface area contributed by atoms with Crippen LogP contribution in [0.2, 0.25) is 0 Å². The van der Waals surface area contributed by atoms with Crippen LogP contribution in [0.5, 0.6) is 0 Å². The quantitative estimate of drug-likeness (QED) is 0.618. The highest BCUT2D eigenvalue weighted by atomic mass is 19.1. The Morgan fingerprint density at radius 3 is 2.82 bits per heavy atom. The fraction of sp³-hybridized carbons (Fsp3) is 0.125. The summed E-state index contributed by atoms with van der Waals surface area (Å²) in [6.45, 7) is -0.624. The first-order chi connectivity index (χ1) is 5.27. The molecule has 0 aliphatic carbocycles. The number of rotatable bonds is 1. The summed E-state index contributed by atoms with van der Waals surface area (Å²) in [6.07, 6.45) is 0. The van der Waals surface area contributed by atoms with Crippen molar-refractivity contribution in [1.29, 1.82) is 5.26 Å². The molecule has 1 aromatic rings. The van der Waals surface area contributed by atoms with E-state index in [1.165, 1.54) is 12.1 Å². The van der Waals surface area contributed by atoms with Crippen molar-refractivity contribution >= 4 is 5.69 Å². The highest BCUT2D eigenvalue weighted by molar-refractivity contribution is 5.50. The van der Waals surface area contributed by atoms with Crippen LogP contribution in [0, 0.1) is 11.3 Å². The zero-order valence-electron chi connectivity index (χ0n) is 5.84. The number of nitrogen functional groups attached to an aromatic ring is 1. The maximum atomic E-state index is 12.1. The number of nitrogens with two attached hydrogens (primary N) is 1. The Morgan fingerprint density at radius 1 is 1.55 bits per heavy atom. The van der Waals surface area contributed by atoms with Crippen molar-refractivity contribution in [2.24, 2.45) is 0 Å². The summed E-state index contributed by atoms with van der Waals surface area (Å²) in [5.41, 5.74) is 6.62. The van der Waals surface area contributed by atoms with Crippen molar-refractivity contribution in [3.63, 3.8) is 0 Å². The lowest BCUT2D eigenvalue weighted by atomic mass is 10.1. The lowest BCUT2D eigenvalue weighted by molar-refractivity contribution is 0.486. The molecule has 0 spiro atoms. The summed E-state index contributed by atoms with van der Waals surface area (Å²) in [4.78, 5) is 0. The minimum absolute atomic E-state index is 0.379. The van der Waals surface area contributed by atoms with E-state index in [9.17, 15) is 4.39 Å². The number of halogens is 1. The molecule has 0 aromatic heterocycles. The molecule has 0 atom stereocenters. The molecule has 0 aliphatic rings. The van der Waals surface area contributed by atoms with Crippen molar-refractivity contribution < 1.29 is 4.39 Å². The Hall–Kier alpha value is -1.56. The SMILES string of the molecule is N#Cc1ccc(N)c(CF)c1. The molecule has 3 heteroatoms. The Balaban J connectivity index is 3.15. The monoisotopic (exact) mass is 150 g/mol. The molecule has 0 heterocycles. The van der Waals surface area contributed by atoms with Gasteiger partial charge in [-0.05, 0) is 18.2 Å². The van der Waals surface area contributed by atoms with Gasteiger partial charge in [-0.25, -0.2) is 4.39 Å². The van der Waals surface area contributed by atoms with Crippen LogP contribution in [0.4, 0.5) is 10.1 Å². The summed E-state index contributed by atoms with van der Waals surface area (Å²) < 4.78 is 12.1. The fourth-order valence-electron chi connectivity index (χ4n) is 0.791. The predicted molar refractivity (Wildman–Crippen MR) is 40.4 cm³/mol. The van der Waals surface area contributed by atoms with E-state index in [0.29, 0.717) is 16.8 Å². The number of hydrogen-bond donors (Lipinski definition) is 1. The van der Waals surface area contributed by atoms with E-state index in [0.717, 1.165) is 0 Å². The topological polar surface area (TPSA) is 49.8 Å². The van der Waals surface area contributed by atoms with Crippen molar-refractivity contribution in [2.45, 2.75) is 6.67 Å². The molecule has 1 rings (SSSR count). The summed E-state index contributed by atoms with van der Waals surface area (Å²) in [6, 6.07) is 6.46. The van der Waals surface area contributed by atoms with E-state index in [-0.39, 0.29) is 0 Å². The number of nitrogens with zero attached hydrogens (tertiary/aromatic N) is 1. The van der Waals surface area contributed by atoms with Crippen LogP contribution >= 0.6 is 0 Å². The van der Waals surface area contributed by atoms with Gasteiger partial charge in [0.2, 0.25) is 0 Å². The molecule has 11 heavy (non-hydrogen) atoms. The van der Waals surface area contributed by atoms with Gasteiger partial charge in [0.05, 0.1) is 11.6 Å². The average Bonchev–Trinajstić information content (AvgIpc) is 2.05. The highest BCUT2D eigenvalue weighted by Crippen LogP contribution is 2.14. The Morgan fingerprint density at radius 2 is 2.27 bits per heavy atom. The maximum absolute atomic E-state index is 12.1. The zero-order valence-corrected chi connectivity index (χ0v) is 5.84. The summed E-state index contributed by atoms with van der Waals surface area (Å²) in [5.74, 6) is 0. The van der Waals surface area contributed by atoms with Gasteiger partial charge in [0.1, 0.15) is 6.67 Å². The Bertz CT molecular complexity index is 301. The van der Waals surface area contributed by atoms with Crippen LogP contribution in [0.15, 0.2) is 18.2 Å². The number of anilines is 1. The summed E-state index contributed by atoms with van der Waals surface area (Å²) in [7, 11) is 0. The van der Waals surface area contributed by atoms with E-state index in [1.54, 1.807) is 6.07 Å². The van der Waals surface area contributed by atoms with Crippen molar-refractivity contribution in [2.75, 3.05) is 5.73 Å². The van der Waals surface area contributed by atoms with Gasteiger partial charge in [-0.3, -0.25) is 0 Å². The van der Waals surface area contributed by atoms with E-state index in [2.05, 4.69) is 0 Å². The third-order valence-electron chi connectivity index (χ3n) is 1.42. The molecule has 56 valence electrons. The van der Waals surface area contributed by atoms with Crippen LogP contribution in [0.3, 0.4) is 0 Å². The molecular weight excluding hydrogens is 143 g/mol. The molecule has 1 aromatic carbocycles. The van der Waals surface area contributed by atoms with Crippen molar-refractivity contribution in [3.8, 4) is 6.07 Å². The first-order valence-electron chi connectivity index (χ1n) is 3.12. The molecule has 0 saturated heterocycles. The molecule has 2 nitrogen and oxygen atoms in total. The van der Waals surface area contributed by atoms with Gasteiger partial charge >= 0.3 is 0 Å². The van der Waals surface area contributed by atoms with Gasteiger partial charge < -0.3 is 5.73 Å². The van der Waals surface area contributed by atoms with Crippen LogP contribution in [0.25, 0.3) is 0 Å². The van der Waals surface area contributed by atoms with Gasteiger partial charge in [-0.2, -0.15) is 5.26 Å². The van der Waals surface area contributed by atoms with Gasteiger partial charge in [0, 0.05) is 11.3 Å². The average molecular weight is 150 g/mol. The number of hydrogen-bond acceptors (Lipinski definition) is 2. The van der Waals surface area contributed by atoms with Gasteiger partial charge in [-0.15, -0.1) is 0 Å². The summed E-state index contributed by atoms with van der Waals surface area (Å²) >= 11 is 0. The number of benzene rings is 1. The van der Waals surface area contributed by atoms with Crippen LogP contribution in [-0.4, -0.2) is 0 Å². The van der Waals surface area contributed by atoms with Gasteiger partial charge in [-0.1, -0.05) is 0 Å². The third-order valence-corrected chi connectivity index (χ3v) is 1.42. The first-order valence-corrected chi connectivity index (χ1v) is 3.12. The van der Waals surface area contributed by atoms with Crippen molar-refractivity contribution in [3.05, 3.63) is 29.3 Å². The zero-order chi connectivity index (χ0) is 8.27. The molecule has 0 unspecified atom stereocenters. The minimum atomic E-state index is -0.624. The third kappa shape index (κ3) is 1.47. The largest absolute Gasteiger partial charge is 0.398 e. The standard InChI is InChI=1S/C8H7FN2/c9-4-7-3-6(5-10)1-2-8(7)11/h1-3H,4,11H2. The second-order valence-electron chi connectivity index (χ2n) is 2.16. The Kier molecular flexibility index (Phi) is 2.07. The van der Waals surface area contributed by atoms with E-state index in [4.69, 9.17) is 11.0 Å². The molecule has 0 bridgehead atoms. The van der Waals surface area contributed by atoms with E-state index in [1.807, 2.05) is 6.07 Å². The first kappa shape index (κ1) is 7.55. The van der Waals surface area contributed by atoms with E-state index < -0.39 is 6.67 Å². The predicted octanol–water partition coefficient (Wildman–Crippen LogP) is 1.61. The molecular formula is C8H7FN2. The second-order valence-corrected chi connectivity index (χ2v) is 2.16. The maximum Gasteiger partial charge on any atom is 0.117 e. The van der Waals surface area contributed by atoms with Crippen molar-refractivity contribution in [1.82, 2.24) is 0 Å². The molecule has 0 saturated carbocycles. The number of nitriles is 1. The molecule has 0 radical (unpaired) electrons. The summed E-state index contributed by atoms with van der Waals surface area (Å²) in [5, 5.41) is 8.44. The minimum Gasteiger partial charge on any atom is -0.398 e. The van der Waals surface area contributed by atoms with Crippen LogP contribution < -0.4 is 5.73 Å². The number of alkyl halides is 1. The van der Waals surface area contributed by atoms with Gasteiger partial charge in [0.25, 0.3) is 0 Å². The lowest BCUT2D eigenvalue weighted by Crippen LogP contribution is -1.92. The molecule has 0 fully saturated rings. The smallest absolute Gasteiger partial charge is 0.117 e. The van der Waals surface area contributed by atoms with Crippen LogP contribution in [0.1, 0.15) is 11.1 Å². The molecule has 0 amide bonds. The van der Waals surface area contributed by atoms with E-state index >= 15 is 0 Å².